The van der Waals surface area contributed by atoms with Crippen molar-refractivity contribution < 1.29 is 9.53 Å². The van der Waals surface area contributed by atoms with Gasteiger partial charge in [-0.3, -0.25) is 0 Å². The van der Waals surface area contributed by atoms with Crippen LogP contribution in [0.5, 0.6) is 0 Å². The van der Waals surface area contributed by atoms with Crippen molar-refractivity contribution in [1.29, 1.82) is 0 Å². The van der Waals surface area contributed by atoms with E-state index in [9.17, 15) is 4.79 Å². The number of nitrogens with zero attached hydrogens (tertiary/aromatic N) is 1. The molecule has 0 aromatic heterocycles. The van der Waals surface area contributed by atoms with E-state index in [1.807, 2.05) is 25.7 Å². The van der Waals surface area contributed by atoms with Crippen LogP contribution in [-0.4, -0.2) is 35.2 Å². The molecular weight excluding hydrogens is 216 g/mol. The number of carbonyl (C=O) groups excluding carboxylic acids is 1. The highest BCUT2D eigenvalue weighted by atomic mass is 16.6. The number of hydrogen-bond acceptors (Lipinski definition) is 3. The van der Waals surface area contributed by atoms with Gasteiger partial charge in [-0.15, -0.1) is 0 Å². The Kier molecular flexibility index (Phi) is 3.34. The molecule has 2 N–H and O–H groups in total. The fourth-order valence-electron chi connectivity index (χ4n) is 2.50. The molecule has 4 heteroatoms. The van der Waals surface area contributed by atoms with Crippen LogP contribution < -0.4 is 5.73 Å². The van der Waals surface area contributed by atoms with Gasteiger partial charge < -0.3 is 15.4 Å². The van der Waals surface area contributed by atoms with Gasteiger partial charge in [-0.05, 0) is 52.4 Å². The second-order valence-electron chi connectivity index (χ2n) is 6.36. The number of piperidine rings is 1. The van der Waals surface area contributed by atoms with Gasteiger partial charge >= 0.3 is 6.09 Å². The molecule has 1 heterocycles. The van der Waals surface area contributed by atoms with Crippen LogP contribution in [0.25, 0.3) is 0 Å². The van der Waals surface area contributed by atoms with E-state index in [0.717, 1.165) is 19.4 Å². The highest BCUT2D eigenvalue weighted by Gasteiger charge is 2.41. The molecule has 2 aliphatic rings. The first-order chi connectivity index (χ1) is 7.87. The summed E-state index contributed by atoms with van der Waals surface area (Å²) in [6.45, 7) is 6.48. The summed E-state index contributed by atoms with van der Waals surface area (Å²) in [6, 6.07) is 0.563. The molecule has 98 valence electrons. The zero-order valence-corrected chi connectivity index (χ0v) is 11.1. The number of hydrogen-bond donors (Lipinski definition) is 1. The predicted octanol–water partition coefficient (Wildman–Crippen LogP) is 2.12. The second kappa shape index (κ2) is 4.48. The molecule has 1 aliphatic carbocycles. The van der Waals surface area contributed by atoms with Gasteiger partial charge in [0, 0.05) is 18.6 Å². The molecule has 1 aliphatic heterocycles. The first-order valence-corrected chi connectivity index (χ1v) is 6.62. The molecule has 0 aromatic carbocycles. The topological polar surface area (TPSA) is 55.6 Å². The minimum atomic E-state index is -0.412. The Bertz CT molecular complexity index is 294. The van der Waals surface area contributed by atoms with Crippen LogP contribution in [-0.2, 0) is 4.74 Å². The van der Waals surface area contributed by atoms with Crippen LogP contribution >= 0.6 is 0 Å². The normalized spacial score (nSPS) is 30.2. The first kappa shape index (κ1) is 12.7. The smallest absolute Gasteiger partial charge is 0.410 e. The molecule has 0 bridgehead atoms. The number of carbonyl (C=O) groups is 1. The lowest BCUT2D eigenvalue weighted by molar-refractivity contribution is 0.00540. The summed E-state index contributed by atoms with van der Waals surface area (Å²) in [7, 11) is 0. The van der Waals surface area contributed by atoms with Crippen molar-refractivity contribution in [2.45, 2.75) is 64.1 Å². The van der Waals surface area contributed by atoms with Gasteiger partial charge in [0.25, 0.3) is 0 Å². The largest absolute Gasteiger partial charge is 0.444 e. The fourth-order valence-corrected chi connectivity index (χ4v) is 2.50. The van der Waals surface area contributed by atoms with Gasteiger partial charge in [-0.1, -0.05) is 0 Å². The lowest BCUT2D eigenvalue weighted by Crippen LogP contribution is -2.52. The van der Waals surface area contributed by atoms with E-state index in [1.54, 1.807) is 0 Å². The number of ether oxygens (including phenoxy) is 1. The van der Waals surface area contributed by atoms with Gasteiger partial charge in [-0.2, -0.15) is 0 Å². The zero-order valence-electron chi connectivity index (χ0n) is 11.1. The van der Waals surface area contributed by atoms with Crippen LogP contribution in [0.3, 0.4) is 0 Å². The molecule has 1 amide bonds. The highest BCUT2D eigenvalue weighted by molar-refractivity contribution is 5.68. The average Bonchev–Trinajstić information content (AvgIpc) is 2.97. The van der Waals surface area contributed by atoms with Gasteiger partial charge in [0.05, 0.1) is 0 Å². The van der Waals surface area contributed by atoms with E-state index >= 15 is 0 Å². The zero-order chi connectivity index (χ0) is 12.6. The SMILES string of the molecule is CC(C)(C)OC(=O)N1CC[C@@H](N)C[C@H]1C1CC1. The Morgan fingerprint density at radius 3 is 2.47 bits per heavy atom. The monoisotopic (exact) mass is 240 g/mol. The summed E-state index contributed by atoms with van der Waals surface area (Å²) < 4.78 is 5.47. The molecule has 2 rings (SSSR count). The van der Waals surface area contributed by atoms with E-state index in [1.165, 1.54) is 12.8 Å². The Morgan fingerprint density at radius 2 is 1.94 bits per heavy atom. The second-order valence-corrected chi connectivity index (χ2v) is 6.36. The third kappa shape index (κ3) is 3.35. The van der Waals surface area contributed by atoms with Gasteiger partial charge in [0.1, 0.15) is 5.60 Å². The lowest BCUT2D eigenvalue weighted by atomic mass is 9.95. The first-order valence-electron chi connectivity index (χ1n) is 6.62. The molecule has 2 atom stereocenters. The van der Waals surface area contributed by atoms with Crippen LogP contribution in [0.1, 0.15) is 46.5 Å². The van der Waals surface area contributed by atoms with Crippen LogP contribution in [0, 0.1) is 5.92 Å². The Labute approximate surface area is 103 Å². The third-order valence-corrected chi connectivity index (χ3v) is 3.48. The molecule has 0 radical (unpaired) electrons. The van der Waals surface area contributed by atoms with E-state index in [2.05, 4.69) is 0 Å². The maximum absolute atomic E-state index is 12.1. The molecule has 2 fully saturated rings. The predicted molar refractivity (Wildman–Crippen MR) is 66.7 cm³/mol. The standard InChI is InChI=1S/C13H24N2O2/c1-13(2,3)17-12(16)15-7-6-10(14)8-11(15)9-4-5-9/h9-11H,4-8,14H2,1-3H3/t10-,11+/m1/s1. The van der Waals surface area contributed by atoms with Crippen molar-refractivity contribution in [2.75, 3.05) is 6.54 Å². The van der Waals surface area contributed by atoms with Crippen LogP contribution in [0.2, 0.25) is 0 Å². The van der Waals surface area contributed by atoms with E-state index < -0.39 is 5.60 Å². The Hall–Kier alpha value is -0.770. The molecule has 1 saturated heterocycles. The molecule has 0 unspecified atom stereocenters. The fraction of sp³-hybridized carbons (Fsp3) is 0.923. The Morgan fingerprint density at radius 1 is 1.29 bits per heavy atom. The van der Waals surface area contributed by atoms with Crippen molar-refractivity contribution in [2.24, 2.45) is 11.7 Å². The number of rotatable bonds is 1. The molecular formula is C13H24N2O2. The maximum atomic E-state index is 12.1. The van der Waals surface area contributed by atoms with Crippen molar-refractivity contribution >= 4 is 6.09 Å². The molecule has 17 heavy (non-hydrogen) atoms. The molecule has 0 spiro atoms. The van der Waals surface area contributed by atoms with Crippen LogP contribution in [0.4, 0.5) is 4.79 Å². The summed E-state index contributed by atoms with van der Waals surface area (Å²) in [4.78, 5) is 14.0. The van der Waals surface area contributed by atoms with Crippen LogP contribution in [0.15, 0.2) is 0 Å². The number of likely N-dealkylation sites (tertiary alicyclic amines) is 1. The summed E-state index contributed by atoms with van der Waals surface area (Å²) >= 11 is 0. The van der Waals surface area contributed by atoms with Gasteiger partial charge in [-0.25, -0.2) is 4.79 Å². The van der Waals surface area contributed by atoms with Crippen molar-refractivity contribution in [3.05, 3.63) is 0 Å². The van der Waals surface area contributed by atoms with Crippen molar-refractivity contribution in [3.63, 3.8) is 0 Å². The third-order valence-electron chi connectivity index (χ3n) is 3.48. The number of nitrogens with two attached hydrogens (primary N) is 1. The van der Waals surface area contributed by atoms with Crippen molar-refractivity contribution in [3.8, 4) is 0 Å². The minimum absolute atomic E-state index is 0.165. The Balaban J connectivity index is 1.99. The summed E-state index contributed by atoms with van der Waals surface area (Å²) in [5.41, 5.74) is 5.59. The summed E-state index contributed by atoms with van der Waals surface area (Å²) in [5.74, 6) is 0.661. The van der Waals surface area contributed by atoms with E-state index in [0.29, 0.717) is 12.0 Å². The van der Waals surface area contributed by atoms with Gasteiger partial charge in [0.2, 0.25) is 0 Å². The summed E-state index contributed by atoms with van der Waals surface area (Å²) in [5, 5.41) is 0. The molecule has 1 saturated carbocycles. The lowest BCUT2D eigenvalue weighted by Gasteiger charge is -2.39. The van der Waals surface area contributed by atoms with E-state index in [-0.39, 0.29) is 12.1 Å². The quantitative estimate of drug-likeness (QED) is 0.764. The molecule has 4 nitrogen and oxygen atoms in total. The number of amides is 1. The maximum Gasteiger partial charge on any atom is 0.410 e. The van der Waals surface area contributed by atoms with Gasteiger partial charge in [0.15, 0.2) is 0 Å². The van der Waals surface area contributed by atoms with E-state index in [4.69, 9.17) is 10.5 Å². The molecule has 0 aromatic rings. The summed E-state index contributed by atoms with van der Waals surface area (Å²) in [6.07, 6.45) is 4.13. The average molecular weight is 240 g/mol. The minimum Gasteiger partial charge on any atom is -0.444 e. The highest BCUT2D eigenvalue weighted by Crippen LogP contribution is 2.39. The van der Waals surface area contributed by atoms with Crippen molar-refractivity contribution in [1.82, 2.24) is 4.90 Å².